The lowest BCUT2D eigenvalue weighted by molar-refractivity contribution is 0.0950. The SMILES string of the molecule is COCCNS(=O)(=O)c1cccc(C(=O)NCc2nc(-c3ccncc3)cs2)c1. The van der Waals surface area contributed by atoms with Crippen molar-refractivity contribution >= 4 is 27.3 Å². The van der Waals surface area contributed by atoms with E-state index in [1.165, 1.54) is 36.6 Å². The minimum atomic E-state index is -3.71. The number of hydrogen-bond acceptors (Lipinski definition) is 7. The Hall–Kier alpha value is -2.66. The summed E-state index contributed by atoms with van der Waals surface area (Å²) in [4.78, 5) is 21.0. The number of benzene rings is 1. The maximum absolute atomic E-state index is 12.5. The molecular formula is C19H20N4O4S2. The van der Waals surface area contributed by atoms with Crippen LogP contribution >= 0.6 is 11.3 Å². The monoisotopic (exact) mass is 432 g/mol. The number of hydrogen-bond donors (Lipinski definition) is 2. The predicted octanol–water partition coefficient (Wildman–Crippen LogP) is 2.06. The Morgan fingerprint density at radius 3 is 2.76 bits per heavy atom. The lowest BCUT2D eigenvalue weighted by atomic mass is 10.2. The van der Waals surface area contributed by atoms with Crippen molar-refractivity contribution in [1.29, 1.82) is 0 Å². The highest BCUT2D eigenvalue weighted by Crippen LogP contribution is 2.21. The van der Waals surface area contributed by atoms with Crippen molar-refractivity contribution in [2.45, 2.75) is 11.4 Å². The number of nitrogens with zero attached hydrogens (tertiary/aromatic N) is 2. The molecule has 1 aromatic carbocycles. The Kier molecular flexibility index (Phi) is 7.04. The molecule has 0 bridgehead atoms. The van der Waals surface area contributed by atoms with Gasteiger partial charge in [0, 0.05) is 42.6 Å². The molecule has 3 aromatic rings. The Labute approximate surface area is 173 Å². The van der Waals surface area contributed by atoms with Crippen LogP contribution in [0.3, 0.4) is 0 Å². The second kappa shape index (κ2) is 9.70. The Balaban J connectivity index is 1.64. The first-order valence-electron chi connectivity index (χ1n) is 8.71. The fraction of sp³-hybridized carbons (Fsp3) is 0.211. The van der Waals surface area contributed by atoms with Gasteiger partial charge < -0.3 is 10.1 Å². The van der Waals surface area contributed by atoms with Crippen molar-refractivity contribution in [1.82, 2.24) is 20.0 Å². The van der Waals surface area contributed by atoms with Crippen LogP contribution in [0.25, 0.3) is 11.3 Å². The molecule has 0 aliphatic rings. The second-order valence-corrected chi connectivity index (χ2v) is 8.67. The molecule has 2 heterocycles. The summed E-state index contributed by atoms with van der Waals surface area (Å²) in [5.74, 6) is -0.375. The van der Waals surface area contributed by atoms with E-state index in [0.717, 1.165) is 16.3 Å². The summed E-state index contributed by atoms with van der Waals surface area (Å²) in [5, 5.41) is 5.43. The van der Waals surface area contributed by atoms with Crippen molar-refractivity contribution in [2.75, 3.05) is 20.3 Å². The molecule has 1 amide bonds. The number of sulfonamides is 1. The standard InChI is InChI=1S/C19H20N4O4S2/c1-27-10-9-22-29(25,26)16-4-2-3-15(11-16)19(24)21-12-18-23-17(13-28-18)14-5-7-20-8-6-14/h2-8,11,13,22H,9-10,12H2,1H3,(H,21,24). The second-order valence-electron chi connectivity index (χ2n) is 5.96. The average molecular weight is 433 g/mol. The van der Waals surface area contributed by atoms with Gasteiger partial charge in [0.15, 0.2) is 0 Å². The van der Waals surface area contributed by atoms with Gasteiger partial charge in [-0.3, -0.25) is 9.78 Å². The van der Waals surface area contributed by atoms with E-state index in [2.05, 4.69) is 20.0 Å². The van der Waals surface area contributed by atoms with E-state index in [1.807, 2.05) is 17.5 Å². The fourth-order valence-corrected chi connectivity index (χ4v) is 4.27. The highest BCUT2D eigenvalue weighted by atomic mass is 32.2. The third-order valence-corrected chi connectivity index (χ3v) is 6.24. The lowest BCUT2D eigenvalue weighted by Gasteiger charge is -2.08. The van der Waals surface area contributed by atoms with E-state index in [-0.39, 0.29) is 36.1 Å². The summed E-state index contributed by atoms with van der Waals surface area (Å²) < 4.78 is 31.8. The van der Waals surface area contributed by atoms with Crippen molar-refractivity contribution in [3.8, 4) is 11.3 Å². The summed E-state index contributed by atoms with van der Waals surface area (Å²) >= 11 is 1.44. The molecule has 8 nitrogen and oxygen atoms in total. The molecule has 2 N–H and O–H groups in total. The summed E-state index contributed by atoms with van der Waals surface area (Å²) in [6.45, 7) is 0.658. The van der Waals surface area contributed by atoms with Crippen LogP contribution < -0.4 is 10.0 Å². The largest absolute Gasteiger partial charge is 0.383 e. The molecule has 0 saturated carbocycles. The van der Waals surface area contributed by atoms with Gasteiger partial charge in [-0.05, 0) is 30.3 Å². The fourth-order valence-electron chi connectivity index (χ4n) is 2.47. The molecule has 0 fully saturated rings. The number of rotatable bonds is 9. The van der Waals surface area contributed by atoms with Crippen LogP contribution in [0.2, 0.25) is 0 Å². The zero-order valence-corrected chi connectivity index (χ0v) is 17.3. The zero-order chi connectivity index (χ0) is 20.7. The third kappa shape index (κ3) is 5.67. The number of thiazole rings is 1. The number of pyridine rings is 1. The summed E-state index contributed by atoms with van der Waals surface area (Å²) in [6, 6.07) is 9.61. The molecule has 0 aliphatic heterocycles. The van der Waals surface area contributed by atoms with E-state index >= 15 is 0 Å². The van der Waals surface area contributed by atoms with Gasteiger partial charge in [-0.15, -0.1) is 11.3 Å². The van der Waals surface area contributed by atoms with E-state index < -0.39 is 10.0 Å². The van der Waals surface area contributed by atoms with Crippen LogP contribution in [0.15, 0.2) is 59.1 Å². The molecule has 152 valence electrons. The highest BCUT2D eigenvalue weighted by Gasteiger charge is 2.16. The summed E-state index contributed by atoms with van der Waals surface area (Å²) in [6.07, 6.45) is 3.39. The molecule has 2 aromatic heterocycles. The Morgan fingerprint density at radius 2 is 2.00 bits per heavy atom. The highest BCUT2D eigenvalue weighted by molar-refractivity contribution is 7.89. The van der Waals surface area contributed by atoms with Crippen LogP contribution in [-0.2, 0) is 21.3 Å². The molecule has 0 spiro atoms. The minimum Gasteiger partial charge on any atom is -0.383 e. The molecule has 0 aliphatic carbocycles. The van der Waals surface area contributed by atoms with Gasteiger partial charge in [0.1, 0.15) is 5.01 Å². The summed E-state index contributed by atoms with van der Waals surface area (Å²) in [7, 11) is -2.22. The van der Waals surface area contributed by atoms with Crippen molar-refractivity contribution in [3.05, 3.63) is 64.7 Å². The topological polar surface area (TPSA) is 110 Å². The first kappa shape index (κ1) is 21.1. The number of carbonyl (C=O) groups is 1. The van der Waals surface area contributed by atoms with Gasteiger partial charge in [0.2, 0.25) is 10.0 Å². The van der Waals surface area contributed by atoms with Gasteiger partial charge >= 0.3 is 0 Å². The number of ether oxygens (including phenoxy) is 1. The van der Waals surface area contributed by atoms with Crippen molar-refractivity contribution < 1.29 is 17.9 Å². The Bertz CT molecular complexity index is 1070. The van der Waals surface area contributed by atoms with Gasteiger partial charge in [0.25, 0.3) is 5.91 Å². The molecule has 29 heavy (non-hydrogen) atoms. The van der Waals surface area contributed by atoms with E-state index in [0.29, 0.717) is 0 Å². The lowest BCUT2D eigenvalue weighted by Crippen LogP contribution is -2.28. The Morgan fingerprint density at radius 1 is 1.21 bits per heavy atom. The predicted molar refractivity (Wildman–Crippen MR) is 110 cm³/mol. The quantitative estimate of drug-likeness (QED) is 0.501. The third-order valence-electron chi connectivity index (χ3n) is 3.93. The number of carbonyl (C=O) groups excluding carboxylic acids is 1. The first-order chi connectivity index (χ1) is 14.0. The van der Waals surface area contributed by atoms with E-state index in [1.54, 1.807) is 18.5 Å². The molecule has 0 unspecified atom stereocenters. The van der Waals surface area contributed by atoms with Gasteiger partial charge in [0.05, 0.1) is 23.7 Å². The maximum Gasteiger partial charge on any atom is 0.251 e. The molecule has 3 rings (SSSR count). The van der Waals surface area contributed by atoms with E-state index in [9.17, 15) is 13.2 Å². The normalized spacial score (nSPS) is 11.3. The van der Waals surface area contributed by atoms with Crippen molar-refractivity contribution in [3.63, 3.8) is 0 Å². The number of amides is 1. The van der Waals surface area contributed by atoms with Crippen molar-refractivity contribution in [2.24, 2.45) is 0 Å². The van der Waals surface area contributed by atoms with Crippen LogP contribution in [0.5, 0.6) is 0 Å². The number of aromatic nitrogens is 2. The van der Waals surface area contributed by atoms with Crippen LogP contribution in [-0.4, -0.2) is 44.6 Å². The average Bonchev–Trinajstić information content (AvgIpc) is 3.22. The molecule has 0 radical (unpaired) electrons. The van der Waals surface area contributed by atoms with Gasteiger partial charge in [-0.1, -0.05) is 6.07 Å². The summed E-state index contributed by atoms with van der Waals surface area (Å²) in [5.41, 5.74) is 2.02. The van der Waals surface area contributed by atoms with Crippen LogP contribution in [0.4, 0.5) is 0 Å². The van der Waals surface area contributed by atoms with Gasteiger partial charge in [-0.2, -0.15) is 0 Å². The zero-order valence-electron chi connectivity index (χ0n) is 15.7. The van der Waals surface area contributed by atoms with Gasteiger partial charge in [-0.25, -0.2) is 18.1 Å². The molecule has 10 heteroatoms. The number of methoxy groups -OCH3 is 1. The minimum absolute atomic E-state index is 0.0236. The van der Waals surface area contributed by atoms with Crippen LogP contribution in [0.1, 0.15) is 15.4 Å². The molecule has 0 atom stereocenters. The first-order valence-corrected chi connectivity index (χ1v) is 11.1. The molecular weight excluding hydrogens is 412 g/mol. The maximum atomic E-state index is 12.5. The van der Waals surface area contributed by atoms with E-state index in [4.69, 9.17) is 4.74 Å². The molecule has 0 saturated heterocycles. The number of nitrogens with one attached hydrogen (secondary N) is 2. The van der Waals surface area contributed by atoms with Crippen LogP contribution in [0, 0.1) is 0 Å². The smallest absolute Gasteiger partial charge is 0.251 e.